The lowest BCUT2D eigenvalue weighted by Crippen LogP contribution is -2.32. The van der Waals surface area contributed by atoms with E-state index in [1.807, 2.05) is 42.5 Å². The number of hydrogen-bond acceptors (Lipinski definition) is 2. The minimum absolute atomic E-state index is 0.916. The molecule has 1 nitrogen and oxygen atoms in total. The molecule has 0 saturated heterocycles. The molecule has 1 heterocycles. The van der Waals surface area contributed by atoms with Crippen molar-refractivity contribution in [1.82, 2.24) is 0 Å². The Bertz CT molecular complexity index is 824. The summed E-state index contributed by atoms with van der Waals surface area (Å²) in [5.41, 5.74) is 2.03. The second-order valence-electron chi connectivity index (χ2n) is 4.83. The van der Waals surface area contributed by atoms with Gasteiger partial charge in [0.1, 0.15) is 5.60 Å². The van der Waals surface area contributed by atoms with Crippen molar-refractivity contribution in [1.29, 1.82) is 0 Å². The average Bonchev–Trinajstić information content (AvgIpc) is 3.00. The van der Waals surface area contributed by atoms with Gasteiger partial charge in [-0.1, -0.05) is 42.5 Å². The van der Waals surface area contributed by atoms with Crippen LogP contribution in [0, 0.1) is 0 Å². The highest BCUT2D eigenvalue weighted by molar-refractivity contribution is 7.07. The monoisotopic (exact) mass is 264 g/mol. The van der Waals surface area contributed by atoms with Crippen molar-refractivity contribution >= 4 is 23.0 Å². The van der Waals surface area contributed by atoms with E-state index in [1.165, 1.54) is 4.53 Å². The molecule has 2 aromatic rings. The van der Waals surface area contributed by atoms with Gasteiger partial charge < -0.3 is 5.11 Å². The molecular weight excluding hydrogens is 252 g/mol. The van der Waals surface area contributed by atoms with Gasteiger partial charge in [-0.05, 0) is 40.0 Å². The first-order valence-electron chi connectivity index (χ1n) is 6.27. The van der Waals surface area contributed by atoms with Crippen molar-refractivity contribution in [2.24, 2.45) is 0 Å². The maximum absolute atomic E-state index is 11.2. The van der Waals surface area contributed by atoms with Gasteiger partial charge in [0.2, 0.25) is 0 Å². The second kappa shape index (κ2) is 3.80. The Morgan fingerprint density at radius 2 is 1.89 bits per heavy atom. The molecule has 92 valence electrons. The van der Waals surface area contributed by atoms with Crippen molar-refractivity contribution in [3.63, 3.8) is 0 Å². The lowest BCUT2D eigenvalue weighted by molar-refractivity contribution is 0.153. The summed E-state index contributed by atoms with van der Waals surface area (Å²) < 4.78 is 1.24. The fraction of sp³-hybridized carbons (Fsp3) is 0.0588. The molecule has 1 unspecified atom stereocenters. The molecule has 0 saturated carbocycles. The zero-order chi connectivity index (χ0) is 12.9. The Kier molecular flexibility index (Phi) is 2.19. The molecule has 2 aliphatic carbocycles. The molecular formula is C17H12OS. The van der Waals surface area contributed by atoms with Crippen molar-refractivity contribution < 1.29 is 5.11 Å². The number of benzene rings is 1. The van der Waals surface area contributed by atoms with Gasteiger partial charge in [0.05, 0.1) is 0 Å². The second-order valence-corrected chi connectivity index (χ2v) is 5.78. The molecule has 0 amide bonds. The minimum atomic E-state index is -1.02. The van der Waals surface area contributed by atoms with Crippen LogP contribution in [0.1, 0.15) is 5.56 Å². The first-order chi connectivity index (χ1) is 9.29. The van der Waals surface area contributed by atoms with Crippen LogP contribution in [0.4, 0.5) is 0 Å². The van der Waals surface area contributed by atoms with E-state index in [2.05, 4.69) is 23.6 Å². The summed E-state index contributed by atoms with van der Waals surface area (Å²) in [6.45, 7) is 0. The number of fused-ring (bicyclic) bond motifs is 2. The molecule has 2 heteroatoms. The lowest BCUT2D eigenvalue weighted by atomic mass is 9.79. The predicted molar refractivity (Wildman–Crippen MR) is 79.0 cm³/mol. The Hall–Kier alpha value is -1.90. The summed E-state index contributed by atoms with van der Waals surface area (Å²) in [4.78, 5) is 0. The molecule has 0 bridgehead atoms. The summed E-state index contributed by atoms with van der Waals surface area (Å²) in [6.07, 6.45) is 8.05. The Balaban J connectivity index is 2.07. The summed E-state index contributed by atoms with van der Waals surface area (Å²) in [5, 5.41) is 14.4. The highest BCUT2D eigenvalue weighted by Crippen LogP contribution is 2.40. The maximum Gasteiger partial charge on any atom is 0.135 e. The van der Waals surface area contributed by atoms with Gasteiger partial charge in [0, 0.05) is 10.1 Å². The fourth-order valence-electron chi connectivity index (χ4n) is 2.87. The third-order valence-electron chi connectivity index (χ3n) is 3.75. The highest BCUT2D eigenvalue weighted by Gasteiger charge is 2.36. The van der Waals surface area contributed by atoms with Crippen LogP contribution < -0.4 is 9.75 Å². The van der Waals surface area contributed by atoms with Gasteiger partial charge in [0.25, 0.3) is 0 Å². The maximum atomic E-state index is 11.2. The third kappa shape index (κ3) is 1.44. The van der Waals surface area contributed by atoms with Crippen LogP contribution in [0.3, 0.4) is 0 Å². The number of aliphatic hydroxyl groups is 1. The van der Waals surface area contributed by atoms with Crippen LogP contribution in [0.25, 0.3) is 11.6 Å². The van der Waals surface area contributed by atoms with E-state index in [9.17, 15) is 5.11 Å². The van der Waals surface area contributed by atoms with Crippen molar-refractivity contribution in [3.8, 4) is 0 Å². The SMILES string of the molecule is OC1(c2ccccc2)C=CC=C2C=c3sccc3=C21. The van der Waals surface area contributed by atoms with Gasteiger partial charge in [-0.15, -0.1) is 11.3 Å². The van der Waals surface area contributed by atoms with Crippen molar-refractivity contribution in [2.75, 3.05) is 0 Å². The number of allylic oxidation sites excluding steroid dienone is 2. The topological polar surface area (TPSA) is 20.2 Å². The van der Waals surface area contributed by atoms with Crippen LogP contribution in [-0.4, -0.2) is 5.11 Å². The minimum Gasteiger partial charge on any atom is -0.377 e. The number of hydrogen-bond donors (Lipinski definition) is 1. The summed E-state index contributed by atoms with van der Waals surface area (Å²) in [5.74, 6) is 0. The highest BCUT2D eigenvalue weighted by atomic mass is 32.1. The van der Waals surface area contributed by atoms with E-state index in [1.54, 1.807) is 11.3 Å². The zero-order valence-corrected chi connectivity index (χ0v) is 11.0. The Labute approximate surface area is 115 Å². The quantitative estimate of drug-likeness (QED) is 0.836. The standard InChI is InChI=1S/C17H12OS/c18-17(13-6-2-1-3-7-13)9-4-5-12-11-15-14(16(12)17)8-10-19-15/h1-11,18H. The van der Waals surface area contributed by atoms with E-state index in [4.69, 9.17) is 0 Å². The number of rotatable bonds is 1. The van der Waals surface area contributed by atoms with E-state index in [-0.39, 0.29) is 0 Å². The van der Waals surface area contributed by atoms with Gasteiger partial charge in [0.15, 0.2) is 0 Å². The third-order valence-corrected chi connectivity index (χ3v) is 4.61. The van der Waals surface area contributed by atoms with E-state index in [0.717, 1.165) is 21.9 Å². The van der Waals surface area contributed by atoms with E-state index >= 15 is 0 Å². The fourth-order valence-corrected chi connectivity index (χ4v) is 3.71. The molecule has 1 atom stereocenters. The van der Waals surface area contributed by atoms with Crippen LogP contribution in [0.5, 0.6) is 0 Å². The Morgan fingerprint density at radius 3 is 2.74 bits per heavy atom. The summed E-state index contributed by atoms with van der Waals surface area (Å²) in [6, 6.07) is 12.0. The van der Waals surface area contributed by atoms with Gasteiger partial charge in [-0.2, -0.15) is 0 Å². The molecule has 0 radical (unpaired) electrons. The lowest BCUT2D eigenvalue weighted by Gasteiger charge is -2.30. The molecule has 1 N–H and O–H groups in total. The van der Waals surface area contributed by atoms with Crippen molar-refractivity contribution in [2.45, 2.75) is 5.60 Å². The largest absolute Gasteiger partial charge is 0.377 e. The molecule has 4 rings (SSSR count). The van der Waals surface area contributed by atoms with Crippen LogP contribution in [-0.2, 0) is 5.60 Å². The number of thiophene rings is 1. The molecule has 1 aromatic carbocycles. The zero-order valence-electron chi connectivity index (χ0n) is 10.2. The molecule has 0 aliphatic heterocycles. The van der Waals surface area contributed by atoms with Crippen molar-refractivity contribution in [3.05, 3.63) is 80.9 Å². The average molecular weight is 264 g/mol. The normalized spacial score (nSPS) is 23.6. The smallest absolute Gasteiger partial charge is 0.135 e. The molecule has 1 aromatic heterocycles. The first kappa shape index (κ1) is 11.0. The summed E-state index contributed by atoms with van der Waals surface area (Å²) >= 11 is 1.72. The van der Waals surface area contributed by atoms with E-state index < -0.39 is 5.60 Å². The van der Waals surface area contributed by atoms with E-state index in [0.29, 0.717) is 0 Å². The van der Waals surface area contributed by atoms with Crippen LogP contribution in [0.2, 0.25) is 0 Å². The van der Waals surface area contributed by atoms with Gasteiger partial charge in [-0.25, -0.2) is 0 Å². The summed E-state index contributed by atoms with van der Waals surface area (Å²) in [7, 11) is 0. The predicted octanol–water partition coefficient (Wildman–Crippen LogP) is 2.08. The molecule has 0 fully saturated rings. The molecule has 2 aliphatic rings. The molecule has 0 spiro atoms. The van der Waals surface area contributed by atoms with Gasteiger partial charge >= 0.3 is 0 Å². The first-order valence-corrected chi connectivity index (χ1v) is 7.15. The molecule has 19 heavy (non-hydrogen) atoms. The van der Waals surface area contributed by atoms with Crippen LogP contribution >= 0.6 is 11.3 Å². The van der Waals surface area contributed by atoms with Gasteiger partial charge in [-0.3, -0.25) is 0 Å². The van der Waals surface area contributed by atoms with Crippen LogP contribution in [0.15, 0.2) is 65.6 Å². The Morgan fingerprint density at radius 1 is 1.05 bits per heavy atom.